The first kappa shape index (κ1) is 15.8. The maximum absolute atomic E-state index is 13.5. The number of fused-ring (bicyclic) bond motifs is 2. The molecule has 0 radical (unpaired) electrons. The quantitative estimate of drug-likeness (QED) is 0.398. The molecule has 4 nitrogen and oxygen atoms in total. The molecule has 2 aromatic carbocycles. The maximum atomic E-state index is 13.5. The number of carbonyl (C=O) groups excluding carboxylic acids is 2. The van der Waals surface area contributed by atoms with E-state index in [4.69, 9.17) is 0 Å². The summed E-state index contributed by atoms with van der Waals surface area (Å²) in [7, 11) is 0. The second-order valence-corrected chi connectivity index (χ2v) is 7.02. The molecular weight excluding hydrogens is 314 g/mol. The van der Waals surface area contributed by atoms with E-state index >= 15 is 0 Å². The van der Waals surface area contributed by atoms with Crippen LogP contribution in [0.5, 0.6) is 0 Å². The van der Waals surface area contributed by atoms with Gasteiger partial charge in [-0.1, -0.05) is 65.8 Å². The Labute approximate surface area is 146 Å². The van der Waals surface area contributed by atoms with Crippen LogP contribution in [0.4, 0.5) is 0 Å². The zero-order valence-corrected chi connectivity index (χ0v) is 13.8. The van der Waals surface area contributed by atoms with Gasteiger partial charge in [-0.2, -0.15) is 0 Å². The second-order valence-electron chi connectivity index (χ2n) is 7.02. The zero-order chi connectivity index (χ0) is 17.4. The van der Waals surface area contributed by atoms with Crippen LogP contribution in [-0.4, -0.2) is 22.5 Å². The van der Waals surface area contributed by atoms with E-state index in [0.717, 1.165) is 6.42 Å². The summed E-state index contributed by atoms with van der Waals surface area (Å²) in [5, 5.41) is 12.8. The fraction of sp³-hybridized carbons (Fsp3) is 0.286. The number of hydrogen-bond donors (Lipinski definition) is 1. The van der Waals surface area contributed by atoms with Crippen LogP contribution in [-0.2, 0) is 0 Å². The number of carbonyl (C=O) groups is 2. The van der Waals surface area contributed by atoms with E-state index in [9.17, 15) is 14.8 Å². The van der Waals surface area contributed by atoms with Gasteiger partial charge in [0, 0.05) is 17.0 Å². The third kappa shape index (κ3) is 2.32. The molecule has 2 aromatic rings. The van der Waals surface area contributed by atoms with E-state index in [-0.39, 0.29) is 23.4 Å². The predicted octanol–water partition coefficient (Wildman–Crippen LogP) is 4.00. The van der Waals surface area contributed by atoms with Crippen molar-refractivity contribution in [1.82, 2.24) is 0 Å². The molecule has 4 rings (SSSR count). The van der Waals surface area contributed by atoms with Gasteiger partial charge in [0.1, 0.15) is 5.41 Å². The largest absolute Gasteiger partial charge is 0.411 e. The number of hydrogen-bond acceptors (Lipinski definition) is 4. The molecule has 0 saturated heterocycles. The molecule has 0 spiro atoms. The fourth-order valence-corrected chi connectivity index (χ4v) is 4.64. The highest BCUT2D eigenvalue weighted by atomic mass is 16.4. The minimum atomic E-state index is -1.16. The Bertz CT molecular complexity index is 790. The lowest BCUT2D eigenvalue weighted by Crippen LogP contribution is -2.47. The first-order chi connectivity index (χ1) is 12.2. The van der Waals surface area contributed by atoms with Gasteiger partial charge in [-0.3, -0.25) is 9.59 Å². The second kappa shape index (κ2) is 5.96. The Kier molecular flexibility index (Phi) is 3.75. The van der Waals surface area contributed by atoms with Gasteiger partial charge in [0.2, 0.25) is 0 Å². The Morgan fingerprint density at radius 3 is 1.88 bits per heavy atom. The van der Waals surface area contributed by atoms with Crippen LogP contribution in [0.2, 0.25) is 0 Å². The van der Waals surface area contributed by atoms with Gasteiger partial charge in [-0.15, -0.1) is 0 Å². The predicted molar refractivity (Wildman–Crippen MR) is 94.0 cm³/mol. The van der Waals surface area contributed by atoms with Gasteiger partial charge in [0.05, 0.1) is 5.71 Å². The summed E-state index contributed by atoms with van der Waals surface area (Å²) in [6, 6.07) is 17.9. The molecule has 2 aliphatic carbocycles. The van der Waals surface area contributed by atoms with Crippen molar-refractivity contribution in [2.24, 2.45) is 22.4 Å². The van der Waals surface area contributed by atoms with Gasteiger partial charge in [-0.25, -0.2) is 0 Å². The third-order valence-electron chi connectivity index (χ3n) is 5.69. The Hall–Kier alpha value is -2.75. The number of benzene rings is 2. The lowest BCUT2D eigenvalue weighted by atomic mass is 9.64. The van der Waals surface area contributed by atoms with E-state index in [1.807, 2.05) is 36.4 Å². The van der Waals surface area contributed by atoms with Crippen molar-refractivity contribution in [1.29, 1.82) is 0 Å². The molecule has 2 fully saturated rings. The SMILES string of the molecule is O=C(c1ccccc1)C1(C(=O)c2ccccc2)CC2C/C(=N\O)C1C2. The highest BCUT2D eigenvalue weighted by Gasteiger charge is 2.62. The van der Waals surface area contributed by atoms with E-state index in [1.54, 1.807) is 24.3 Å². The standard InChI is InChI=1S/C21H19NO3/c23-19(15-7-3-1-4-8-15)21(20(24)16-9-5-2-6-10-16)13-14-11-17(21)18(12-14)22-25/h1-10,14,17,25H,11-13H2/b22-18+. The first-order valence-electron chi connectivity index (χ1n) is 8.57. The topological polar surface area (TPSA) is 66.7 Å². The molecule has 25 heavy (non-hydrogen) atoms. The molecule has 2 unspecified atom stereocenters. The van der Waals surface area contributed by atoms with Crippen molar-refractivity contribution in [3.63, 3.8) is 0 Å². The van der Waals surface area contributed by atoms with E-state index in [2.05, 4.69) is 5.16 Å². The number of nitrogens with zero attached hydrogens (tertiary/aromatic N) is 1. The molecule has 4 heteroatoms. The fourth-order valence-electron chi connectivity index (χ4n) is 4.64. The Morgan fingerprint density at radius 1 is 0.920 bits per heavy atom. The van der Waals surface area contributed by atoms with E-state index < -0.39 is 5.41 Å². The zero-order valence-electron chi connectivity index (χ0n) is 13.8. The summed E-state index contributed by atoms with van der Waals surface area (Å²) in [6.07, 6.45) is 1.93. The summed E-state index contributed by atoms with van der Waals surface area (Å²) in [6.45, 7) is 0. The molecule has 2 saturated carbocycles. The molecule has 2 atom stereocenters. The van der Waals surface area contributed by atoms with Crippen molar-refractivity contribution < 1.29 is 14.8 Å². The Balaban J connectivity index is 1.85. The van der Waals surface area contributed by atoms with Gasteiger partial charge >= 0.3 is 0 Å². The lowest BCUT2D eigenvalue weighted by Gasteiger charge is -2.35. The molecular formula is C21H19NO3. The molecule has 2 aliphatic rings. The molecule has 1 N–H and O–H groups in total. The van der Waals surface area contributed by atoms with Crippen molar-refractivity contribution in [3.8, 4) is 0 Å². The van der Waals surface area contributed by atoms with Gasteiger partial charge < -0.3 is 5.21 Å². The minimum Gasteiger partial charge on any atom is -0.411 e. The number of oxime groups is 1. The summed E-state index contributed by atoms with van der Waals surface area (Å²) in [5.41, 5.74) is 0.505. The maximum Gasteiger partial charge on any atom is 0.177 e. The summed E-state index contributed by atoms with van der Waals surface area (Å²) < 4.78 is 0. The van der Waals surface area contributed by atoms with Crippen molar-refractivity contribution >= 4 is 17.3 Å². The molecule has 2 bridgehead atoms. The molecule has 0 aromatic heterocycles. The van der Waals surface area contributed by atoms with Crippen molar-refractivity contribution in [2.75, 3.05) is 0 Å². The van der Waals surface area contributed by atoms with Crippen molar-refractivity contribution in [2.45, 2.75) is 19.3 Å². The molecule has 126 valence electrons. The monoisotopic (exact) mass is 333 g/mol. The highest BCUT2D eigenvalue weighted by Crippen LogP contribution is 2.57. The van der Waals surface area contributed by atoms with Gasteiger partial charge in [0.25, 0.3) is 0 Å². The number of rotatable bonds is 4. The summed E-state index contributed by atoms with van der Waals surface area (Å²) in [5.74, 6) is -0.412. The van der Waals surface area contributed by atoms with E-state index in [1.165, 1.54) is 0 Å². The van der Waals surface area contributed by atoms with Gasteiger partial charge in [0.15, 0.2) is 11.6 Å². The van der Waals surface area contributed by atoms with Gasteiger partial charge in [-0.05, 0) is 25.2 Å². The lowest BCUT2D eigenvalue weighted by molar-refractivity contribution is 0.0618. The first-order valence-corrected chi connectivity index (χ1v) is 8.57. The Morgan fingerprint density at radius 2 is 1.44 bits per heavy atom. The molecule has 0 heterocycles. The number of ketones is 2. The van der Waals surface area contributed by atoms with Crippen LogP contribution in [0, 0.1) is 17.3 Å². The average molecular weight is 333 g/mol. The normalized spacial score (nSPS) is 25.2. The average Bonchev–Trinajstić information content (AvgIpc) is 3.27. The van der Waals surface area contributed by atoms with Crippen LogP contribution in [0.1, 0.15) is 40.0 Å². The summed E-state index contributed by atoms with van der Waals surface area (Å²) >= 11 is 0. The van der Waals surface area contributed by atoms with Crippen molar-refractivity contribution in [3.05, 3.63) is 71.8 Å². The van der Waals surface area contributed by atoms with Crippen LogP contribution >= 0.6 is 0 Å². The van der Waals surface area contributed by atoms with Crippen LogP contribution in [0.25, 0.3) is 0 Å². The highest BCUT2D eigenvalue weighted by molar-refractivity contribution is 6.23. The summed E-state index contributed by atoms with van der Waals surface area (Å²) in [4.78, 5) is 27.0. The van der Waals surface area contributed by atoms with Crippen LogP contribution in [0.15, 0.2) is 65.8 Å². The number of Topliss-reactive ketones (excluding diaryl/α,β-unsaturated/α-hetero) is 2. The minimum absolute atomic E-state index is 0.157. The molecule has 0 aliphatic heterocycles. The van der Waals surface area contributed by atoms with Crippen LogP contribution in [0.3, 0.4) is 0 Å². The van der Waals surface area contributed by atoms with E-state index in [0.29, 0.717) is 29.7 Å². The third-order valence-corrected chi connectivity index (χ3v) is 5.69. The smallest absolute Gasteiger partial charge is 0.177 e. The van der Waals surface area contributed by atoms with Crippen LogP contribution < -0.4 is 0 Å². The molecule has 0 amide bonds.